The van der Waals surface area contributed by atoms with Crippen LogP contribution in [-0.2, 0) is 16.1 Å². The molecule has 0 radical (unpaired) electrons. The average molecular weight is 329 g/mol. The van der Waals surface area contributed by atoms with Crippen LogP contribution in [0.25, 0.3) is 11.4 Å². The van der Waals surface area contributed by atoms with Crippen molar-refractivity contribution in [1.29, 1.82) is 0 Å². The summed E-state index contributed by atoms with van der Waals surface area (Å²) >= 11 is 0. The van der Waals surface area contributed by atoms with Gasteiger partial charge in [0.15, 0.2) is 0 Å². The molecule has 2 aromatic rings. The summed E-state index contributed by atoms with van der Waals surface area (Å²) in [6, 6.07) is 7.71. The van der Waals surface area contributed by atoms with E-state index < -0.39 is 5.97 Å². The topological polar surface area (TPSA) is 101 Å². The molecule has 1 heterocycles. The molecule has 0 spiro atoms. The number of carbonyl (C=O) groups is 2. The first kappa shape index (κ1) is 16.1. The van der Waals surface area contributed by atoms with Crippen LogP contribution in [0.5, 0.6) is 0 Å². The number of carboxylic acid groups (broad SMARTS) is 1. The summed E-state index contributed by atoms with van der Waals surface area (Å²) < 4.78 is 0. The fraction of sp³-hybridized carbons (Fsp3) is 0.438. The molecule has 1 aromatic heterocycles. The third-order valence-corrected chi connectivity index (χ3v) is 4.44. The zero-order valence-electron chi connectivity index (χ0n) is 13.6. The van der Waals surface area contributed by atoms with Crippen LogP contribution in [0, 0.1) is 12.8 Å². The van der Waals surface area contributed by atoms with Gasteiger partial charge in [0.25, 0.3) is 0 Å². The van der Waals surface area contributed by atoms with Gasteiger partial charge in [-0.05, 0) is 25.0 Å². The second-order valence-electron chi connectivity index (χ2n) is 6.17. The molecule has 1 fully saturated rings. The number of hydrogen-bond donors (Lipinski definition) is 1. The van der Waals surface area contributed by atoms with E-state index in [1.165, 1.54) is 4.80 Å². The molecule has 1 saturated carbocycles. The molecule has 8 nitrogen and oxygen atoms in total. The second kappa shape index (κ2) is 6.38. The van der Waals surface area contributed by atoms with Crippen molar-refractivity contribution in [3.8, 4) is 11.4 Å². The normalized spacial score (nSPS) is 19.6. The lowest BCUT2D eigenvalue weighted by atomic mass is 9.79. The Morgan fingerprint density at radius 2 is 1.96 bits per heavy atom. The van der Waals surface area contributed by atoms with Gasteiger partial charge in [0.05, 0.1) is 5.92 Å². The van der Waals surface area contributed by atoms with Crippen molar-refractivity contribution in [2.45, 2.75) is 32.4 Å². The molecule has 0 unspecified atom stereocenters. The van der Waals surface area contributed by atoms with Crippen molar-refractivity contribution in [2.75, 3.05) is 7.05 Å². The lowest BCUT2D eigenvalue weighted by Gasteiger charge is -2.38. The number of hydrogen-bond acceptors (Lipinski definition) is 5. The molecule has 24 heavy (non-hydrogen) atoms. The zero-order valence-corrected chi connectivity index (χ0v) is 13.6. The molecular formula is C16H19N5O3. The van der Waals surface area contributed by atoms with E-state index in [4.69, 9.17) is 5.11 Å². The Bertz CT molecular complexity index is 749. The summed E-state index contributed by atoms with van der Waals surface area (Å²) in [6.45, 7) is 1.99. The van der Waals surface area contributed by atoms with Gasteiger partial charge in [-0.15, -0.1) is 10.2 Å². The third kappa shape index (κ3) is 3.27. The summed E-state index contributed by atoms with van der Waals surface area (Å²) in [5.41, 5.74) is 1.99. The highest BCUT2D eigenvalue weighted by atomic mass is 16.4. The van der Waals surface area contributed by atoms with Gasteiger partial charge in [0.2, 0.25) is 11.7 Å². The first-order valence-electron chi connectivity index (χ1n) is 7.77. The number of tetrazole rings is 1. The molecule has 0 saturated heterocycles. The Hall–Kier alpha value is -2.77. The van der Waals surface area contributed by atoms with Crippen LogP contribution in [-0.4, -0.2) is 55.2 Å². The fourth-order valence-electron chi connectivity index (χ4n) is 2.67. The predicted octanol–water partition coefficient (Wildman–Crippen LogP) is 0.970. The van der Waals surface area contributed by atoms with Crippen LogP contribution in [0.4, 0.5) is 0 Å². The number of aliphatic carboxylic acids is 1. The molecule has 1 N–H and O–H groups in total. The minimum absolute atomic E-state index is 0.0103. The molecule has 3 rings (SSSR count). The summed E-state index contributed by atoms with van der Waals surface area (Å²) in [7, 11) is 1.68. The minimum Gasteiger partial charge on any atom is -0.481 e. The standard InChI is InChI=1S/C16H19N5O3/c1-10-3-5-11(6-4-10)15-17-19-21(18-15)9-14(22)20(2)13-7-12(8-13)16(23)24/h3-6,12-13H,7-9H2,1-2H3,(H,23,24). The van der Waals surface area contributed by atoms with Gasteiger partial charge in [-0.1, -0.05) is 29.8 Å². The van der Waals surface area contributed by atoms with Crippen LogP contribution in [0.3, 0.4) is 0 Å². The number of carbonyl (C=O) groups excluding carboxylic acids is 1. The lowest BCUT2D eigenvalue weighted by Crippen LogP contribution is -2.48. The van der Waals surface area contributed by atoms with E-state index in [9.17, 15) is 9.59 Å². The van der Waals surface area contributed by atoms with E-state index >= 15 is 0 Å². The Kier molecular flexibility index (Phi) is 4.28. The maximum atomic E-state index is 12.3. The van der Waals surface area contributed by atoms with Crippen LogP contribution < -0.4 is 0 Å². The number of aryl methyl sites for hydroxylation is 1. The largest absolute Gasteiger partial charge is 0.481 e. The summed E-state index contributed by atoms with van der Waals surface area (Å²) in [5, 5.41) is 21.0. The van der Waals surface area contributed by atoms with E-state index in [0.717, 1.165) is 11.1 Å². The van der Waals surface area contributed by atoms with E-state index in [1.807, 2.05) is 31.2 Å². The van der Waals surface area contributed by atoms with Gasteiger partial charge in [-0.2, -0.15) is 4.80 Å². The van der Waals surface area contributed by atoms with Crippen molar-refractivity contribution in [1.82, 2.24) is 25.1 Å². The molecule has 1 aliphatic carbocycles. The monoisotopic (exact) mass is 329 g/mol. The highest BCUT2D eigenvalue weighted by molar-refractivity contribution is 5.77. The fourth-order valence-corrected chi connectivity index (χ4v) is 2.67. The van der Waals surface area contributed by atoms with Crippen LogP contribution in [0.15, 0.2) is 24.3 Å². The van der Waals surface area contributed by atoms with Gasteiger partial charge in [0.1, 0.15) is 6.54 Å². The van der Waals surface area contributed by atoms with Crippen LogP contribution in [0.1, 0.15) is 18.4 Å². The van der Waals surface area contributed by atoms with E-state index in [0.29, 0.717) is 18.7 Å². The molecule has 8 heteroatoms. The number of aromatic nitrogens is 4. The summed E-state index contributed by atoms with van der Waals surface area (Å²) in [6.07, 6.45) is 0.994. The van der Waals surface area contributed by atoms with Gasteiger partial charge in [-0.3, -0.25) is 9.59 Å². The van der Waals surface area contributed by atoms with E-state index in [2.05, 4.69) is 15.4 Å². The Balaban J connectivity index is 1.59. The number of benzene rings is 1. The van der Waals surface area contributed by atoms with Crippen LogP contribution >= 0.6 is 0 Å². The molecule has 0 aliphatic heterocycles. The number of likely N-dealkylation sites (N-methyl/N-ethyl adjacent to an activating group) is 1. The first-order chi connectivity index (χ1) is 11.4. The van der Waals surface area contributed by atoms with Crippen molar-refractivity contribution in [3.63, 3.8) is 0 Å². The second-order valence-corrected chi connectivity index (χ2v) is 6.17. The number of carboxylic acids is 1. The molecule has 0 bridgehead atoms. The molecule has 126 valence electrons. The number of nitrogens with zero attached hydrogens (tertiary/aromatic N) is 5. The SMILES string of the molecule is Cc1ccc(-c2nnn(CC(=O)N(C)C3CC(C(=O)O)C3)n2)cc1. The summed E-state index contributed by atoms with van der Waals surface area (Å²) in [5.74, 6) is -0.826. The van der Waals surface area contributed by atoms with Gasteiger partial charge < -0.3 is 10.0 Å². The Labute approximate surface area is 139 Å². The van der Waals surface area contributed by atoms with Crippen LogP contribution in [0.2, 0.25) is 0 Å². The maximum Gasteiger partial charge on any atom is 0.306 e. The molecule has 0 atom stereocenters. The Morgan fingerprint density at radius 1 is 1.29 bits per heavy atom. The highest BCUT2D eigenvalue weighted by Crippen LogP contribution is 2.31. The average Bonchev–Trinajstić information content (AvgIpc) is 2.94. The molecule has 1 aromatic carbocycles. The predicted molar refractivity (Wildman–Crippen MR) is 84.9 cm³/mol. The van der Waals surface area contributed by atoms with Gasteiger partial charge in [-0.25, -0.2) is 0 Å². The molecule has 1 aliphatic rings. The first-order valence-corrected chi connectivity index (χ1v) is 7.77. The minimum atomic E-state index is -0.798. The molecule has 1 amide bonds. The van der Waals surface area contributed by atoms with Gasteiger partial charge >= 0.3 is 5.97 Å². The number of amides is 1. The highest BCUT2D eigenvalue weighted by Gasteiger charge is 2.38. The van der Waals surface area contributed by atoms with E-state index in [-0.39, 0.29) is 24.4 Å². The van der Waals surface area contributed by atoms with Crippen molar-refractivity contribution >= 4 is 11.9 Å². The van der Waals surface area contributed by atoms with E-state index in [1.54, 1.807) is 11.9 Å². The maximum absolute atomic E-state index is 12.3. The quantitative estimate of drug-likeness (QED) is 0.877. The smallest absolute Gasteiger partial charge is 0.306 e. The lowest BCUT2D eigenvalue weighted by molar-refractivity contribution is -0.150. The van der Waals surface area contributed by atoms with Crippen molar-refractivity contribution in [3.05, 3.63) is 29.8 Å². The number of rotatable bonds is 5. The zero-order chi connectivity index (χ0) is 17.3. The van der Waals surface area contributed by atoms with Crippen molar-refractivity contribution < 1.29 is 14.7 Å². The molecular weight excluding hydrogens is 310 g/mol. The van der Waals surface area contributed by atoms with Gasteiger partial charge in [0, 0.05) is 18.7 Å². The third-order valence-electron chi connectivity index (χ3n) is 4.44. The van der Waals surface area contributed by atoms with Crippen molar-refractivity contribution in [2.24, 2.45) is 5.92 Å². The summed E-state index contributed by atoms with van der Waals surface area (Å²) in [4.78, 5) is 25.9. The Morgan fingerprint density at radius 3 is 2.58 bits per heavy atom.